The second-order valence-electron chi connectivity index (χ2n) is 1.88. The highest BCUT2D eigenvalue weighted by Gasteiger charge is 2.00. The van der Waals surface area contributed by atoms with Crippen molar-refractivity contribution in [2.75, 3.05) is 13.2 Å². The summed E-state index contributed by atoms with van der Waals surface area (Å²) < 4.78 is 0. The lowest BCUT2D eigenvalue weighted by atomic mass is 10.3. The van der Waals surface area contributed by atoms with Crippen LogP contribution in [0.1, 0.15) is 13.3 Å². The third kappa shape index (κ3) is 4.12. The number of hydrogen-bond acceptors (Lipinski definition) is 3. The molecule has 0 rings (SSSR count). The van der Waals surface area contributed by atoms with E-state index in [0.29, 0.717) is 0 Å². The molecule has 0 aromatic heterocycles. The van der Waals surface area contributed by atoms with Crippen LogP contribution in [0.3, 0.4) is 0 Å². The lowest BCUT2D eigenvalue weighted by molar-refractivity contribution is -0.110. The summed E-state index contributed by atoms with van der Waals surface area (Å²) in [4.78, 5) is 10.0. The second kappa shape index (κ2) is 5.72. The summed E-state index contributed by atoms with van der Waals surface area (Å²) in [5, 5.41) is 11.3. The van der Waals surface area contributed by atoms with Crippen LogP contribution in [0.15, 0.2) is 0 Å². The molecule has 3 heteroatoms. The fourth-order valence-corrected chi connectivity index (χ4v) is 0.485. The van der Waals surface area contributed by atoms with Gasteiger partial charge in [0.1, 0.15) is 6.29 Å². The number of aliphatic hydroxyl groups is 1. The minimum Gasteiger partial charge on any atom is -0.394 e. The average molecular weight is 131 g/mol. The maximum Gasteiger partial charge on any atom is 0.139 e. The molecule has 1 atom stereocenters. The van der Waals surface area contributed by atoms with Crippen molar-refractivity contribution in [3.63, 3.8) is 0 Å². The van der Waals surface area contributed by atoms with E-state index in [1.54, 1.807) is 0 Å². The molecule has 0 aliphatic heterocycles. The van der Waals surface area contributed by atoms with Crippen LogP contribution in [0.2, 0.25) is 0 Å². The molecule has 0 aliphatic rings. The molecule has 3 nitrogen and oxygen atoms in total. The number of carbonyl (C=O) groups excluding carboxylic acids is 1. The zero-order valence-corrected chi connectivity index (χ0v) is 5.63. The Hall–Kier alpha value is -0.410. The number of aliphatic hydroxyl groups excluding tert-OH is 1. The molecule has 54 valence electrons. The zero-order chi connectivity index (χ0) is 7.11. The van der Waals surface area contributed by atoms with Crippen LogP contribution in [0.5, 0.6) is 0 Å². The van der Waals surface area contributed by atoms with Crippen molar-refractivity contribution in [3.8, 4) is 0 Å². The topological polar surface area (TPSA) is 49.3 Å². The number of aldehydes is 1. The van der Waals surface area contributed by atoms with E-state index in [1.165, 1.54) is 0 Å². The van der Waals surface area contributed by atoms with Crippen molar-refractivity contribution in [1.82, 2.24) is 5.32 Å². The van der Waals surface area contributed by atoms with E-state index < -0.39 is 0 Å². The van der Waals surface area contributed by atoms with E-state index in [2.05, 4.69) is 5.32 Å². The molecule has 0 radical (unpaired) electrons. The molecule has 1 unspecified atom stereocenters. The fourth-order valence-electron chi connectivity index (χ4n) is 0.485. The lowest BCUT2D eigenvalue weighted by Crippen LogP contribution is -2.34. The smallest absolute Gasteiger partial charge is 0.139 e. The van der Waals surface area contributed by atoms with Crippen molar-refractivity contribution >= 4 is 6.29 Å². The molecule has 0 spiro atoms. The van der Waals surface area contributed by atoms with Crippen LogP contribution in [0.4, 0.5) is 0 Å². The van der Waals surface area contributed by atoms with Gasteiger partial charge in [0.25, 0.3) is 0 Å². The Labute approximate surface area is 55.1 Å². The van der Waals surface area contributed by atoms with Crippen LogP contribution < -0.4 is 5.32 Å². The van der Waals surface area contributed by atoms with Gasteiger partial charge in [0.2, 0.25) is 0 Å². The lowest BCUT2D eigenvalue weighted by Gasteiger charge is -2.06. The molecule has 0 aromatic carbocycles. The van der Waals surface area contributed by atoms with Gasteiger partial charge in [-0.05, 0) is 13.0 Å². The molecule has 9 heavy (non-hydrogen) atoms. The highest BCUT2D eigenvalue weighted by molar-refractivity contribution is 5.57. The predicted octanol–water partition coefficient (Wildman–Crippen LogP) is -0.454. The largest absolute Gasteiger partial charge is 0.394 e. The van der Waals surface area contributed by atoms with Crippen molar-refractivity contribution in [2.24, 2.45) is 0 Å². The number of carbonyl (C=O) groups is 1. The van der Waals surface area contributed by atoms with Crippen molar-refractivity contribution in [2.45, 2.75) is 19.4 Å². The van der Waals surface area contributed by atoms with E-state index >= 15 is 0 Å². The monoisotopic (exact) mass is 131 g/mol. The summed E-state index contributed by atoms with van der Waals surface area (Å²) in [5.74, 6) is 0. The van der Waals surface area contributed by atoms with Crippen LogP contribution in [0.25, 0.3) is 0 Å². The highest BCUT2D eigenvalue weighted by atomic mass is 16.3. The Balaban J connectivity index is 3.20. The molecule has 0 amide bonds. The molecule has 0 bridgehead atoms. The van der Waals surface area contributed by atoms with Gasteiger partial charge in [0, 0.05) is 0 Å². The first-order chi connectivity index (χ1) is 4.35. The Morgan fingerprint density at radius 2 is 2.44 bits per heavy atom. The summed E-state index contributed by atoms with van der Waals surface area (Å²) in [6.45, 7) is 2.68. The summed E-state index contributed by atoms with van der Waals surface area (Å²) in [7, 11) is 0. The van der Waals surface area contributed by atoms with Crippen LogP contribution in [-0.2, 0) is 4.79 Å². The van der Waals surface area contributed by atoms with Gasteiger partial charge >= 0.3 is 0 Å². The molecule has 0 saturated carbocycles. The molecule has 0 saturated heterocycles. The Bertz CT molecular complexity index is 75.5. The van der Waals surface area contributed by atoms with E-state index in [9.17, 15) is 4.79 Å². The quantitative estimate of drug-likeness (QED) is 0.497. The molecule has 0 fully saturated rings. The van der Waals surface area contributed by atoms with Gasteiger partial charge in [-0.1, -0.05) is 6.92 Å². The van der Waals surface area contributed by atoms with Crippen molar-refractivity contribution in [3.05, 3.63) is 0 Å². The van der Waals surface area contributed by atoms with Gasteiger partial charge < -0.3 is 15.2 Å². The maximum atomic E-state index is 10.0. The summed E-state index contributed by atoms with van der Waals surface area (Å²) in [6, 6.07) is -0.370. The van der Waals surface area contributed by atoms with E-state index in [0.717, 1.165) is 19.3 Å². The zero-order valence-electron chi connectivity index (χ0n) is 5.63. The van der Waals surface area contributed by atoms with Gasteiger partial charge in [-0.2, -0.15) is 0 Å². The fraction of sp³-hybridized carbons (Fsp3) is 0.833. The van der Waals surface area contributed by atoms with Gasteiger partial charge in [-0.15, -0.1) is 0 Å². The van der Waals surface area contributed by atoms with Gasteiger partial charge in [0.05, 0.1) is 12.6 Å². The first-order valence-electron chi connectivity index (χ1n) is 3.14. The standard InChI is InChI=1S/C6H13NO2/c1-2-3-7-6(4-8)5-9/h4,6-7,9H,2-3,5H2,1H3. The van der Waals surface area contributed by atoms with Crippen LogP contribution in [-0.4, -0.2) is 30.6 Å². The van der Waals surface area contributed by atoms with E-state index in [1.807, 2.05) is 6.92 Å². The molecule has 0 heterocycles. The van der Waals surface area contributed by atoms with Gasteiger partial charge in [0.15, 0.2) is 0 Å². The maximum absolute atomic E-state index is 10.0. The third-order valence-corrected chi connectivity index (χ3v) is 1.02. The average Bonchev–Trinajstić information content (AvgIpc) is 1.91. The van der Waals surface area contributed by atoms with Crippen molar-refractivity contribution in [1.29, 1.82) is 0 Å². The van der Waals surface area contributed by atoms with Crippen LogP contribution in [0, 0.1) is 0 Å². The molecular formula is C6H13NO2. The normalized spacial score (nSPS) is 13.1. The third-order valence-electron chi connectivity index (χ3n) is 1.02. The summed E-state index contributed by atoms with van der Waals surface area (Å²) >= 11 is 0. The number of nitrogens with one attached hydrogen (secondary N) is 1. The Kier molecular flexibility index (Phi) is 5.46. The van der Waals surface area contributed by atoms with Crippen LogP contribution >= 0.6 is 0 Å². The van der Waals surface area contributed by atoms with E-state index in [4.69, 9.17) is 5.11 Å². The Morgan fingerprint density at radius 1 is 1.78 bits per heavy atom. The van der Waals surface area contributed by atoms with Crippen molar-refractivity contribution < 1.29 is 9.90 Å². The second-order valence-corrected chi connectivity index (χ2v) is 1.88. The Morgan fingerprint density at radius 3 is 2.78 bits per heavy atom. The van der Waals surface area contributed by atoms with Gasteiger partial charge in [-0.25, -0.2) is 0 Å². The molecule has 0 aromatic rings. The first kappa shape index (κ1) is 8.59. The SMILES string of the molecule is CCCNC(C=O)CO. The first-order valence-corrected chi connectivity index (χ1v) is 3.14. The molecular weight excluding hydrogens is 118 g/mol. The minimum absolute atomic E-state index is 0.108. The number of rotatable bonds is 5. The highest BCUT2D eigenvalue weighted by Crippen LogP contribution is 1.76. The summed E-state index contributed by atoms with van der Waals surface area (Å²) in [5.41, 5.74) is 0. The molecule has 0 aliphatic carbocycles. The number of hydrogen-bond donors (Lipinski definition) is 2. The predicted molar refractivity (Wildman–Crippen MR) is 35.2 cm³/mol. The van der Waals surface area contributed by atoms with E-state index in [-0.39, 0.29) is 12.6 Å². The molecule has 2 N–H and O–H groups in total. The van der Waals surface area contributed by atoms with Gasteiger partial charge in [-0.3, -0.25) is 0 Å². The minimum atomic E-state index is -0.370. The summed E-state index contributed by atoms with van der Waals surface area (Å²) in [6.07, 6.45) is 1.69.